The Morgan fingerprint density at radius 3 is 2.68 bits per heavy atom. The zero-order valence-electron chi connectivity index (χ0n) is 9.64. The second-order valence-electron chi connectivity index (χ2n) is 3.54. The molecule has 0 spiro atoms. The van der Waals surface area contributed by atoms with Gasteiger partial charge in [0.1, 0.15) is 6.42 Å². The van der Waals surface area contributed by atoms with Crippen LogP contribution in [-0.2, 0) is 4.79 Å². The molecule has 0 unspecified atom stereocenters. The minimum Gasteiger partial charge on any atom is -0.325 e. The number of nitrogens with one attached hydrogen (secondary N) is 1. The number of carbonyl (C=O) groups is 1. The first-order valence-corrected chi connectivity index (χ1v) is 5.54. The van der Waals surface area contributed by atoms with Gasteiger partial charge in [0.2, 0.25) is 5.91 Å². The van der Waals surface area contributed by atoms with Crippen LogP contribution in [0.2, 0.25) is 5.02 Å². The maximum absolute atomic E-state index is 12.1. The number of hydrogen-bond acceptors (Lipinski definition) is 2. The van der Waals surface area contributed by atoms with E-state index in [1.165, 1.54) is 18.2 Å². The Balaban J connectivity index is 2.93. The molecule has 1 aromatic rings. The van der Waals surface area contributed by atoms with Crippen molar-refractivity contribution >= 4 is 23.2 Å². The van der Waals surface area contributed by atoms with Gasteiger partial charge in [0, 0.05) is 10.6 Å². The summed E-state index contributed by atoms with van der Waals surface area (Å²) in [6.07, 6.45) is -6.13. The number of amides is 1. The Kier molecular flexibility index (Phi) is 5.21. The van der Waals surface area contributed by atoms with Gasteiger partial charge in [-0.25, -0.2) is 0 Å². The van der Waals surface area contributed by atoms with E-state index in [1.54, 1.807) is 0 Å². The van der Waals surface area contributed by atoms with Crippen molar-refractivity contribution in [2.45, 2.75) is 12.6 Å². The molecule has 3 nitrogen and oxygen atoms in total. The van der Waals surface area contributed by atoms with E-state index in [4.69, 9.17) is 17.3 Å². The molecule has 19 heavy (non-hydrogen) atoms. The van der Waals surface area contributed by atoms with Gasteiger partial charge in [0.05, 0.1) is 12.2 Å². The molecule has 0 saturated carbocycles. The third-order valence-corrected chi connectivity index (χ3v) is 2.18. The van der Waals surface area contributed by atoms with E-state index >= 15 is 0 Å². The van der Waals surface area contributed by atoms with E-state index < -0.39 is 18.5 Å². The molecule has 0 saturated heterocycles. The summed E-state index contributed by atoms with van der Waals surface area (Å²) in [6, 6.07) is 4.34. The lowest BCUT2D eigenvalue weighted by molar-refractivity contribution is -0.150. The highest BCUT2D eigenvalue weighted by molar-refractivity contribution is 6.31. The van der Waals surface area contributed by atoms with Crippen molar-refractivity contribution in [3.8, 4) is 11.8 Å². The van der Waals surface area contributed by atoms with Crippen LogP contribution in [0.15, 0.2) is 18.2 Å². The second-order valence-corrected chi connectivity index (χ2v) is 3.97. The van der Waals surface area contributed by atoms with Gasteiger partial charge in [-0.2, -0.15) is 13.2 Å². The molecule has 0 aliphatic heterocycles. The number of benzene rings is 1. The summed E-state index contributed by atoms with van der Waals surface area (Å²) in [5.41, 5.74) is 5.68. The van der Waals surface area contributed by atoms with Gasteiger partial charge in [-0.1, -0.05) is 23.4 Å². The van der Waals surface area contributed by atoms with Crippen LogP contribution in [0.25, 0.3) is 0 Å². The highest BCUT2D eigenvalue weighted by Crippen LogP contribution is 2.23. The van der Waals surface area contributed by atoms with Crippen LogP contribution >= 0.6 is 11.6 Å². The summed E-state index contributed by atoms with van der Waals surface area (Å²) < 4.78 is 36.2. The van der Waals surface area contributed by atoms with Crippen molar-refractivity contribution < 1.29 is 18.0 Å². The first-order valence-electron chi connectivity index (χ1n) is 5.17. The molecule has 102 valence electrons. The predicted octanol–water partition coefficient (Wildman–Crippen LogP) is 2.54. The van der Waals surface area contributed by atoms with Crippen molar-refractivity contribution in [3.63, 3.8) is 0 Å². The molecule has 1 amide bonds. The van der Waals surface area contributed by atoms with Crippen molar-refractivity contribution in [3.05, 3.63) is 28.8 Å². The van der Waals surface area contributed by atoms with E-state index in [2.05, 4.69) is 17.2 Å². The molecule has 0 atom stereocenters. The number of rotatable bonds is 2. The van der Waals surface area contributed by atoms with Crippen molar-refractivity contribution in [2.75, 3.05) is 11.9 Å². The van der Waals surface area contributed by atoms with Gasteiger partial charge in [0.25, 0.3) is 0 Å². The van der Waals surface area contributed by atoms with Crippen LogP contribution in [0.4, 0.5) is 18.9 Å². The molecule has 0 aromatic heterocycles. The van der Waals surface area contributed by atoms with Crippen LogP contribution in [-0.4, -0.2) is 18.6 Å². The average Bonchev–Trinajstić information content (AvgIpc) is 2.25. The topological polar surface area (TPSA) is 55.1 Å². The summed E-state index contributed by atoms with van der Waals surface area (Å²) in [7, 11) is 0. The van der Waals surface area contributed by atoms with E-state index in [9.17, 15) is 18.0 Å². The molecular weight excluding hydrogens is 281 g/mol. The first kappa shape index (κ1) is 15.3. The van der Waals surface area contributed by atoms with Gasteiger partial charge < -0.3 is 11.1 Å². The lowest BCUT2D eigenvalue weighted by Crippen LogP contribution is -2.21. The molecule has 0 aliphatic rings. The summed E-state index contributed by atoms with van der Waals surface area (Å²) in [5, 5.41) is 2.41. The summed E-state index contributed by atoms with van der Waals surface area (Å²) in [4.78, 5) is 11.2. The van der Waals surface area contributed by atoms with E-state index in [-0.39, 0.29) is 17.3 Å². The van der Waals surface area contributed by atoms with E-state index in [1.807, 2.05) is 0 Å². The Morgan fingerprint density at radius 2 is 2.11 bits per heavy atom. The summed E-state index contributed by atoms with van der Waals surface area (Å²) >= 11 is 5.72. The van der Waals surface area contributed by atoms with Crippen molar-refractivity contribution in [2.24, 2.45) is 5.73 Å². The SMILES string of the molecule is NCC#Cc1ccc(Cl)cc1NC(=O)CC(F)(F)F. The number of hydrogen-bond donors (Lipinski definition) is 2. The van der Waals surface area contributed by atoms with Crippen LogP contribution in [0, 0.1) is 11.8 Å². The monoisotopic (exact) mass is 290 g/mol. The molecular formula is C12H10ClF3N2O. The summed E-state index contributed by atoms with van der Waals surface area (Å²) in [5.74, 6) is 4.01. The van der Waals surface area contributed by atoms with Crippen molar-refractivity contribution in [1.29, 1.82) is 0 Å². The lowest BCUT2D eigenvalue weighted by atomic mass is 10.1. The van der Waals surface area contributed by atoms with Crippen LogP contribution in [0.3, 0.4) is 0 Å². The van der Waals surface area contributed by atoms with Gasteiger partial charge in [-0.05, 0) is 18.2 Å². The molecule has 1 aromatic carbocycles. The normalized spacial score (nSPS) is 10.6. The Labute approximate surface area is 112 Å². The predicted molar refractivity (Wildman–Crippen MR) is 66.7 cm³/mol. The summed E-state index contributed by atoms with van der Waals surface area (Å²) in [6.45, 7) is 0.0958. The third-order valence-electron chi connectivity index (χ3n) is 1.94. The third kappa shape index (κ3) is 5.64. The molecule has 1 rings (SSSR count). The van der Waals surface area contributed by atoms with Gasteiger partial charge in [0.15, 0.2) is 0 Å². The zero-order chi connectivity index (χ0) is 14.5. The van der Waals surface area contributed by atoms with Crippen LogP contribution in [0.5, 0.6) is 0 Å². The fraction of sp³-hybridized carbons (Fsp3) is 0.250. The minimum absolute atomic E-state index is 0.0958. The van der Waals surface area contributed by atoms with Crippen molar-refractivity contribution in [1.82, 2.24) is 0 Å². The Hall–Kier alpha value is -1.71. The fourth-order valence-electron chi connectivity index (χ4n) is 1.25. The number of halogens is 4. The highest BCUT2D eigenvalue weighted by Gasteiger charge is 2.31. The van der Waals surface area contributed by atoms with Gasteiger partial charge in [-0.15, -0.1) is 0 Å². The number of anilines is 1. The molecule has 0 heterocycles. The average molecular weight is 291 g/mol. The van der Waals surface area contributed by atoms with Gasteiger partial charge >= 0.3 is 6.18 Å². The Bertz CT molecular complexity index is 532. The maximum atomic E-state index is 12.1. The van der Waals surface area contributed by atoms with E-state index in [0.717, 1.165) is 0 Å². The first-order chi connectivity index (χ1) is 8.81. The maximum Gasteiger partial charge on any atom is 0.397 e. The minimum atomic E-state index is -4.56. The molecule has 0 aliphatic carbocycles. The number of nitrogens with two attached hydrogens (primary N) is 1. The quantitative estimate of drug-likeness (QED) is 0.823. The molecule has 0 bridgehead atoms. The van der Waals surface area contributed by atoms with E-state index in [0.29, 0.717) is 5.56 Å². The van der Waals surface area contributed by atoms with Gasteiger partial charge in [-0.3, -0.25) is 4.79 Å². The smallest absolute Gasteiger partial charge is 0.325 e. The zero-order valence-corrected chi connectivity index (χ0v) is 10.4. The largest absolute Gasteiger partial charge is 0.397 e. The highest BCUT2D eigenvalue weighted by atomic mass is 35.5. The molecule has 3 N–H and O–H groups in total. The fourth-order valence-corrected chi connectivity index (χ4v) is 1.42. The number of carbonyl (C=O) groups excluding carboxylic acids is 1. The second kappa shape index (κ2) is 6.45. The van der Waals surface area contributed by atoms with Crippen LogP contribution < -0.4 is 11.1 Å². The molecule has 0 radical (unpaired) electrons. The lowest BCUT2D eigenvalue weighted by Gasteiger charge is -2.09. The molecule has 0 fully saturated rings. The molecule has 7 heteroatoms. The number of alkyl halides is 3. The standard InChI is InChI=1S/C12H10ClF3N2O/c13-9-4-3-8(2-1-5-17)10(6-9)18-11(19)7-12(14,15)16/h3-4,6H,5,7,17H2,(H,18,19). The van der Waals surface area contributed by atoms with Crippen LogP contribution in [0.1, 0.15) is 12.0 Å². The Morgan fingerprint density at radius 1 is 1.42 bits per heavy atom.